The number of rotatable bonds is 6. The van der Waals surface area contributed by atoms with Crippen LogP contribution in [0.5, 0.6) is 5.75 Å². The minimum atomic E-state index is -0.380. The zero-order valence-corrected chi connectivity index (χ0v) is 14.8. The number of methoxy groups -OCH3 is 1. The summed E-state index contributed by atoms with van der Waals surface area (Å²) in [5, 5.41) is 16.7. The number of benzene rings is 1. The maximum absolute atomic E-state index is 12.6. The van der Waals surface area contributed by atoms with Gasteiger partial charge in [-0.1, -0.05) is 11.6 Å². The average molecular weight is 373 g/mol. The minimum Gasteiger partial charge on any atom is -0.497 e. The van der Waals surface area contributed by atoms with Crippen molar-refractivity contribution < 1.29 is 14.6 Å². The molecule has 134 valence electrons. The van der Waals surface area contributed by atoms with E-state index < -0.39 is 0 Å². The number of hydrogen-bond acceptors (Lipinski definition) is 5. The fourth-order valence-electron chi connectivity index (χ4n) is 2.43. The van der Waals surface area contributed by atoms with Crippen molar-refractivity contribution in [1.29, 1.82) is 0 Å². The van der Waals surface area contributed by atoms with E-state index in [-0.39, 0.29) is 24.1 Å². The van der Waals surface area contributed by atoms with Gasteiger partial charge in [0.2, 0.25) is 0 Å². The van der Waals surface area contributed by atoms with Crippen LogP contribution in [0.25, 0.3) is 11.3 Å². The molecular weight excluding hydrogens is 356 g/mol. The van der Waals surface area contributed by atoms with Gasteiger partial charge in [-0.15, -0.1) is 0 Å². The van der Waals surface area contributed by atoms with Crippen LogP contribution < -0.4 is 10.1 Å². The Morgan fingerprint density at radius 2 is 2.19 bits per heavy atom. The number of anilines is 1. The number of amides is 1. The highest BCUT2D eigenvalue weighted by atomic mass is 35.5. The molecule has 7 nitrogen and oxygen atoms in total. The van der Waals surface area contributed by atoms with Crippen LogP contribution in [0.1, 0.15) is 10.4 Å². The first-order valence-corrected chi connectivity index (χ1v) is 8.24. The second kappa shape index (κ2) is 7.99. The maximum Gasteiger partial charge on any atom is 0.258 e. The molecule has 0 atom stereocenters. The van der Waals surface area contributed by atoms with E-state index in [2.05, 4.69) is 15.4 Å². The number of carbonyl (C=O) groups is 1. The summed E-state index contributed by atoms with van der Waals surface area (Å²) in [7, 11) is 1.53. The summed E-state index contributed by atoms with van der Waals surface area (Å²) in [6, 6.07) is 10.2. The molecule has 0 aliphatic heterocycles. The second-order valence-electron chi connectivity index (χ2n) is 5.40. The summed E-state index contributed by atoms with van der Waals surface area (Å²) in [5.41, 5.74) is 1.76. The van der Waals surface area contributed by atoms with Crippen molar-refractivity contribution >= 4 is 23.3 Å². The Morgan fingerprint density at radius 3 is 2.85 bits per heavy atom. The van der Waals surface area contributed by atoms with Crippen LogP contribution in [-0.4, -0.2) is 39.5 Å². The van der Waals surface area contributed by atoms with Crippen molar-refractivity contribution in [3.05, 3.63) is 59.4 Å². The Morgan fingerprint density at radius 1 is 1.35 bits per heavy atom. The Kier molecular flexibility index (Phi) is 5.50. The van der Waals surface area contributed by atoms with Gasteiger partial charge in [0.05, 0.1) is 36.5 Å². The summed E-state index contributed by atoms with van der Waals surface area (Å²) in [5.74, 6) is 0.639. The summed E-state index contributed by atoms with van der Waals surface area (Å²) >= 11 is 6.16. The number of nitrogens with zero attached hydrogens (tertiary/aromatic N) is 3. The summed E-state index contributed by atoms with van der Waals surface area (Å²) in [6.45, 7) is 0.131. The van der Waals surface area contributed by atoms with Gasteiger partial charge in [0, 0.05) is 24.0 Å². The molecule has 26 heavy (non-hydrogen) atoms. The number of hydrogen-bond donors (Lipinski definition) is 2. The molecule has 0 bridgehead atoms. The van der Waals surface area contributed by atoms with Gasteiger partial charge in [0.25, 0.3) is 5.91 Å². The lowest BCUT2D eigenvalue weighted by Gasteiger charge is -2.09. The van der Waals surface area contributed by atoms with E-state index in [1.165, 1.54) is 11.8 Å². The molecule has 1 aromatic carbocycles. The third kappa shape index (κ3) is 3.84. The van der Waals surface area contributed by atoms with Gasteiger partial charge in [-0.3, -0.25) is 9.78 Å². The van der Waals surface area contributed by atoms with Crippen molar-refractivity contribution in [3.63, 3.8) is 0 Å². The largest absolute Gasteiger partial charge is 0.497 e. The molecule has 2 N–H and O–H groups in total. The quantitative estimate of drug-likeness (QED) is 0.694. The van der Waals surface area contributed by atoms with Crippen molar-refractivity contribution in [2.75, 3.05) is 19.0 Å². The number of nitrogens with one attached hydrogen (secondary N) is 1. The monoisotopic (exact) mass is 372 g/mol. The van der Waals surface area contributed by atoms with E-state index in [0.717, 1.165) is 5.56 Å². The van der Waals surface area contributed by atoms with E-state index in [4.69, 9.17) is 16.3 Å². The SMILES string of the molecule is COc1ccc(C(=O)Nc2cc(-c3cccnc3)nn2CCO)c(Cl)c1. The van der Waals surface area contributed by atoms with Crippen LogP contribution in [0.15, 0.2) is 48.8 Å². The Labute approximate surface area is 155 Å². The number of aromatic nitrogens is 3. The summed E-state index contributed by atoms with van der Waals surface area (Å²) in [6.07, 6.45) is 3.35. The van der Waals surface area contributed by atoms with Crippen molar-refractivity contribution in [2.24, 2.45) is 0 Å². The Balaban J connectivity index is 1.89. The van der Waals surface area contributed by atoms with Crippen molar-refractivity contribution in [3.8, 4) is 17.0 Å². The molecule has 0 aliphatic rings. The highest BCUT2D eigenvalue weighted by Crippen LogP contribution is 2.25. The smallest absolute Gasteiger partial charge is 0.258 e. The predicted octanol–water partition coefficient (Wildman–Crippen LogP) is 2.85. The highest BCUT2D eigenvalue weighted by molar-refractivity contribution is 6.34. The van der Waals surface area contributed by atoms with E-state index in [1.54, 1.807) is 42.7 Å². The van der Waals surface area contributed by atoms with Crippen LogP contribution in [0.3, 0.4) is 0 Å². The molecule has 0 fully saturated rings. The summed E-state index contributed by atoms with van der Waals surface area (Å²) in [4.78, 5) is 16.7. The molecule has 0 spiro atoms. The summed E-state index contributed by atoms with van der Waals surface area (Å²) < 4.78 is 6.61. The molecular formula is C18H17ClN4O3. The minimum absolute atomic E-state index is 0.111. The first-order chi connectivity index (χ1) is 12.6. The lowest BCUT2D eigenvalue weighted by atomic mass is 10.2. The molecule has 3 aromatic rings. The highest BCUT2D eigenvalue weighted by Gasteiger charge is 2.16. The van der Waals surface area contributed by atoms with Gasteiger partial charge in [-0.05, 0) is 30.3 Å². The number of halogens is 1. The van der Waals surface area contributed by atoms with E-state index in [1.807, 2.05) is 6.07 Å². The zero-order valence-electron chi connectivity index (χ0n) is 14.0. The molecule has 0 saturated carbocycles. The van der Waals surface area contributed by atoms with Gasteiger partial charge in [0.1, 0.15) is 11.6 Å². The predicted molar refractivity (Wildman–Crippen MR) is 98.5 cm³/mol. The van der Waals surface area contributed by atoms with Gasteiger partial charge in [0.15, 0.2) is 0 Å². The van der Waals surface area contributed by atoms with Crippen LogP contribution >= 0.6 is 11.6 Å². The molecule has 0 saturated heterocycles. The van der Waals surface area contributed by atoms with Crippen LogP contribution in [0, 0.1) is 0 Å². The molecule has 3 rings (SSSR count). The normalized spacial score (nSPS) is 10.6. The number of pyridine rings is 1. The van der Waals surface area contributed by atoms with Gasteiger partial charge < -0.3 is 15.2 Å². The Bertz CT molecular complexity index is 912. The molecule has 1 amide bonds. The molecule has 0 unspecified atom stereocenters. The lowest BCUT2D eigenvalue weighted by molar-refractivity contribution is 0.102. The Hall–Kier alpha value is -2.90. The van der Waals surface area contributed by atoms with Gasteiger partial charge >= 0.3 is 0 Å². The second-order valence-corrected chi connectivity index (χ2v) is 5.81. The van der Waals surface area contributed by atoms with Crippen LogP contribution in [0.2, 0.25) is 5.02 Å². The third-order valence-corrected chi connectivity index (χ3v) is 4.02. The van der Waals surface area contributed by atoms with Gasteiger partial charge in [-0.25, -0.2) is 4.68 Å². The van der Waals surface area contributed by atoms with Crippen molar-refractivity contribution in [2.45, 2.75) is 6.54 Å². The van der Waals surface area contributed by atoms with E-state index >= 15 is 0 Å². The number of ether oxygens (including phenoxy) is 1. The van der Waals surface area contributed by atoms with Crippen LogP contribution in [0.4, 0.5) is 5.82 Å². The lowest BCUT2D eigenvalue weighted by Crippen LogP contribution is -2.17. The topological polar surface area (TPSA) is 89.3 Å². The fourth-order valence-corrected chi connectivity index (χ4v) is 2.68. The standard InChI is InChI=1S/C18H17ClN4O3/c1-26-13-4-5-14(15(19)9-13)18(25)21-17-10-16(22-23(17)7-8-24)12-3-2-6-20-11-12/h2-6,9-11,24H,7-8H2,1H3,(H,21,25). The molecule has 2 heterocycles. The average Bonchev–Trinajstić information content (AvgIpc) is 3.05. The van der Waals surface area contributed by atoms with Crippen molar-refractivity contribution in [1.82, 2.24) is 14.8 Å². The first kappa shape index (κ1) is 17.9. The fraction of sp³-hybridized carbons (Fsp3) is 0.167. The molecule has 0 aliphatic carbocycles. The third-order valence-electron chi connectivity index (χ3n) is 3.71. The number of aliphatic hydroxyl groups is 1. The van der Waals surface area contributed by atoms with E-state index in [9.17, 15) is 9.90 Å². The molecule has 0 radical (unpaired) electrons. The first-order valence-electron chi connectivity index (χ1n) is 7.86. The number of aliphatic hydroxyl groups excluding tert-OH is 1. The molecule has 8 heteroatoms. The molecule has 2 aromatic heterocycles. The maximum atomic E-state index is 12.6. The van der Waals surface area contributed by atoms with Gasteiger partial charge in [-0.2, -0.15) is 5.10 Å². The zero-order chi connectivity index (χ0) is 18.5. The van der Waals surface area contributed by atoms with E-state index in [0.29, 0.717) is 22.8 Å². The number of carbonyl (C=O) groups excluding carboxylic acids is 1. The van der Waals surface area contributed by atoms with Crippen LogP contribution in [-0.2, 0) is 6.54 Å².